The fourth-order valence-corrected chi connectivity index (χ4v) is 3.49. The van der Waals surface area contributed by atoms with Crippen LogP contribution in [0.3, 0.4) is 0 Å². The van der Waals surface area contributed by atoms with Crippen LogP contribution in [0.2, 0.25) is 0 Å². The molecule has 0 aliphatic carbocycles. The second kappa shape index (κ2) is 7.92. The average Bonchev–Trinajstić information content (AvgIpc) is 2.74. The van der Waals surface area contributed by atoms with Crippen LogP contribution in [0.5, 0.6) is 0 Å². The number of aromatic nitrogens is 4. The minimum absolute atomic E-state index is 0.00526. The number of nitro groups is 1. The van der Waals surface area contributed by atoms with E-state index < -0.39 is 4.92 Å². The van der Waals surface area contributed by atoms with Crippen LogP contribution in [0, 0.1) is 10.1 Å². The summed E-state index contributed by atoms with van der Waals surface area (Å²) in [5.41, 5.74) is 1.74. The lowest BCUT2D eigenvalue weighted by atomic mass is 10.0. The van der Waals surface area contributed by atoms with E-state index in [4.69, 9.17) is 4.98 Å². The first kappa shape index (κ1) is 18.9. The van der Waals surface area contributed by atoms with Crippen molar-refractivity contribution in [2.45, 2.75) is 18.9 Å². The van der Waals surface area contributed by atoms with E-state index in [1.165, 1.54) is 18.5 Å². The first-order valence-electron chi connectivity index (χ1n) is 9.42. The summed E-state index contributed by atoms with van der Waals surface area (Å²) in [5.74, 6) is 1.10. The van der Waals surface area contributed by atoms with Gasteiger partial charge in [0.2, 0.25) is 5.95 Å². The molecule has 0 bridgehead atoms. The standard InChI is InChI=1S/C19H22N8O2/c1-25-8-6-14(7-9-25)26(2)19-20-11-16-17(24-19)18(22-12-21-16)23-13-4-3-5-15(10-13)27(28)29/h3-5,10-12,14H,6-9H2,1-2H3,(H,21,22,23). The molecule has 4 rings (SSSR count). The molecular formula is C19H22N8O2. The summed E-state index contributed by atoms with van der Waals surface area (Å²) < 4.78 is 0. The monoisotopic (exact) mass is 394 g/mol. The van der Waals surface area contributed by atoms with Gasteiger partial charge in [-0.15, -0.1) is 0 Å². The molecule has 150 valence electrons. The summed E-state index contributed by atoms with van der Waals surface area (Å²) in [6.45, 7) is 2.09. The Morgan fingerprint density at radius 2 is 2.03 bits per heavy atom. The van der Waals surface area contributed by atoms with E-state index in [9.17, 15) is 10.1 Å². The van der Waals surface area contributed by atoms with Crippen molar-refractivity contribution in [2.24, 2.45) is 0 Å². The van der Waals surface area contributed by atoms with E-state index >= 15 is 0 Å². The van der Waals surface area contributed by atoms with Gasteiger partial charge in [0.05, 0.1) is 11.1 Å². The predicted octanol–water partition coefficient (Wildman–Crippen LogP) is 2.60. The largest absolute Gasteiger partial charge is 0.341 e. The number of likely N-dealkylation sites (tertiary alicyclic amines) is 1. The molecule has 0 spiro atoms. The maximum absolute atomic E-state index is 11.0. The lowest BCUT2D eigenvalue weighted by Gasteiger charge is -2.35. The molecule has 3 aromatic rings. The predicted molar refractivity (Wildman–Crippen MR) is 110 cm³/mol. The molecule has 1 fully saturated rings. The van der Waals surface area contributed by atoms with Crippen molar-refractivity contribution in [3.63, 3.8) is 0 Å². The third kappa shape index (κ3) is 4.06. The number of rotatable bonds is 5. The number of nitrogens with zero attached hydrogens (tertiary/aromatic N) is 7. The molecule has 2 aromatic heterocycles. The Bertz CT molecular complexity index is 1040. The molecule has 3 heterocycles. The van der Waals surface area contributed by atoms with Crippen LogP contribution in [0.25, 0.3) is 11.0 Å². The highest BCUT2D eigenvalue weighted by atomic mass is 16.6. The molecule has 1 aromatic carbocycles. The lowest BCUT2D eigenvalue weighted by Crippen LogP contribution is -2.42. The van der Waals surface area contributed by atoms with Gasteiger partial charge in [-0.25, -0.2) is 19.9 Å². The van der Waals surface area contributed by atoms with Crippen molar-refractivity contribution in [2.75, 3.05) is 37.4 Å². The van der Waals surface area contributed by atoms with Gasteiger partial charge in [0.25, 0.3) is 5.69 Å². The van der Waals surface area contributed by atoms with Gasteiger partial charge in [-0.1, -0.05) is 6.07 Å². The van der Waals surface area contributed by atoms with Gasteiger partial charge in [-0.05, 0) is 39.0 Å². The van der Waals surface area contributed by atoms with Crippen molar-refractivity contribution in [1.29, 1.82) is 0 Å². The van der Waals surface area contributed by atoms with Crippen LogP contribution >= 0.6 is 0 Å². The molecule has 10 nitrogen and oxygen atoms in total. The van der Waals surface area contributed by atoms with Crippen LogP contribution in [0.1, 0.15) is 12.8 Å². The number of anilines is 3. The highest BCUT2D eigenvalue weighted by molar-refractivity contribution is 5.87. The number of fused-ring (bicyclic) bond motifs is 1. The van der Waals surface area contributed by atoms with E-state index in [0.717, 1.165) is 25.9 Å². The number of hydrogen-bond acceptors (Lipinski definition) is 9. The second-order valence-corrected chi connectivity index (χ2v) is 7.20. The average molecular weight is 394 g/mol. The first-order chi connectivity index (χ1) is 14.0. The summed E-state index contributed by atoms with van der Waals surface area (Å²) in [4.78, 5) is 32.7. The zero-order chi connectivity index (χ0) is 20.4. The molecule has 0 amide bonds. The summed E-state index contributed by atoms with van der Waals surface area (Å²) in [5, 5.41) is 14.2. The van der Waals surface area contributed by atoms with E-state index in [1.54, 1.807) is 18.3 Å². The lowest BCUT2D eigenvalue weighted by molar-refractivity contribution is -0.384. The van der Waals surface area contributed by atoms with Crippen molar-refractivity contribution in [3.05, 3.63) is 46.9 Å². The normalized spacial score (nSPS) is 15.4. The van der Waals surface area contributed by atoms with E-state index in [-0.39, 0.29) is 5.69 Å². The minimum atomic E-state index is -0.430. The molecule has 1 aliphatic heterocycles. The Morgan fingerprint density at radius 3 is 2.79 bits per heavy atom. The Kier molecular flexibility index (Phi) is 5.17. The zero-order valence-electron chi connectivity index (χ0n) is 16.3. The number of piperidine rings is 1. The van der Waals surface area contributed by atoms with Gasteiger partial charge in [-0.3, -0.25) is 10.1 Å². The van der Waals surface area contributed by atoms with Gasteiger partial charge in [0.1, 0.15) is 17.4 Å². The topological polar surface area (TPSA) is 113 Å². The van der Waals surface area contributed by atoms with E-state index in [0.29, 0.717) is 34.5 Å². The summed E-state index contributed by atoms with van der Waals surface area (Å²) >= 11 is 0. The summed E-state index contributed by atoms with van der Waals surface area (Å²) in [6, 6.07) is 6.65. The number of non-ortho nitro benzene ring substituents is 1. The number of hydrogen-bond donors (Lipinski definition) is 1. The van der Waals surface area contributed by atoms with E-state index in [1.807, 2.05) is 7.05 Å². The number of nitro benzene ring substituents is 1. The maximum atomic E-state index is 11.0. The van der Waals surface area contributed by atoms with Crippen LogP contribution in [-0.4, -0.2) is 63.0 Å². The maximum Gasteiger partial charge on any atom is 0.271 e. The minimum Gasteiger partial charge on any atom is -0.341 e. The molecule has 1 aliphatic rings. The van der Waals surface area contributed by atoms with Crippen LogP contribution in [0.15, 0.2) is 36.8 Å². The van der Waals surface area contributed by atoms with Crippen molar-refractivity contribution >= 4 is 34.2 Å². The van der Waals surface area contributed by atoms with Gasteiger partial charge < -0.3 is 15.1 Å². The molecule has 29 heavy (non-hydrogen) atoms. The first-order valence-corrected chi connectivity index (χ1v) is 9.42. The molecule has 0 saturated carbocycles. The zero-order valence-corrected chi connectivity index (χ0v) is 16.3. The third-order valence-electron chi connectivity index (χ3n) is 5.24. The Hall–Kier alpha value is -3.40. The van der Waals surface area contributed by atoms with Gasteiger partial charge in [-0.2, -0.15) is 0 Å². The molecule has 1 saturated heterocycles. The summed E-state index contributed by atoms with van der Waals surface area (Å²) in [7, 11) is 4.14. The van der Waals surface area contributed by atoms with Crippen LogP contribution in [0.4, 0.5) is 23.1 Å². The fraction of sp³-hybridized carbons (Fsp3) is 0.368. The Balaban J connectivity index is 1.64. The van der Waals surface area contributed by atoms with E-state index in [2.05, 4.69) is 37.1 Å². The quantitative estimate of drug-likeness (QED) is 0.515. The van der Waals surface area contributed by atoms with Gasteiger partial charge in [0.15, 0.2) is 5.82 Å². The molecule has 1 N–H and O–H groups in total. The second-order valence-electron chi connectivity index (χ2n) is 7.20. The van der Waals surface area contributed by atoms with Crippen molar-refractivity contribution in [1.82, 2.24) is 24.8 Å². The van der Waals surface area contributed by atoms with Crippen LogP contribution in [-0.2, 0) is 0 Å². The SMILES string of the molecule is CN1CCC(N(C)c2ncc3ncnc(Nc4cccc([N+](=O)[O-])c4)c3n2)CC1. The third-order valence-corrected chi connectivity index (χ3v) is 5.24. The Morgan fingerprint density at radius 1 is 1.24 bits per heavy atom. The van der Waals surface area contributed by atoms with Gasteiger partial charge >= 0.3 is 0 Å². The fourth-order valence-electron chi connectivity index (χ4n) is 3.49. The number of benzene rings is 1. The number of nitrogens with one attached hydrogen (secondary N) is 1. The Labute approximate surface area is 167 Å². The van der Waals surface area contributed by atoms with Crippen molar-refractivity contribution in [3.8, 4) is 0 Å². The summed E-state index contributed by atoms with van der Waals surface area (Å²) in [6.07, 6.45) is 5.21. The highest BCUT2D eigenvalue weighted by Gasteiger charge is 2.23. The smallest absolute Gasteiger partial charge is 0.271 e. The molecule has 0 atom stereocenters. The van der Waals surface area contributed by atoms with Gasteiger partial charge in [0, 0.05) is 30.9 Å². The van der Waals surface area contributed by atoms with Crippen molar-refractivity contribution < 1.29 is 4.92 Å². The molecule has 0 unspecified atom stereocenters. The molecule has 10 heteroatoms. The molecule has 0 radical (unpaired) electrons. The highest BCUT2D eigenvalue weighted by Crippen LogP contribution is 2.26. The van der Waals surface area contributed by atoms with Crippen LogP contribution < -0.4 is 10.2 Å². The molecular weight excluding hydrogens is 372 g/mol.